The molecule has 0 aliphatic carbocycles. The number of methoxy groups -OCH3 is 1. The summed E-state index contributed by atoms with van der Waals surface area (Å²) in [6.45, 7) is 3.60. The Morgan fingerprint density at radius 2 is 1.72 bits per heavy atom. The van der Waals surface area contributed by atoms with E-state index in [0.29, 0.717) is 17.2 Å². The molecule has 0 fully saturated rings. The topological polar surface area (TPSA) is 106 Å². The largest absolute Gasteiger partial charge is 0.495 e. The van der Waals surface area contributed by atoms with E-state index in [1.807, 2.05) is 31.2 Å². The highest BCUT2D eigenvalue weighted by Gasteiger charge is 2.24. The molecule has 1 heterocycles. The van der Waals surface area contributed by atoms with Crippen molar-refractivity contribution in [2.24, 2.45) is 0 Å². The van der Waals surface area contributed by atoms with Crippen LogP contribution in [0.3, 0.4) is 0 Å². The number of carbonyl (C=O) groups is 1. The van der Waals surface area contributed by atoms with Crippen molar-refractivity contribution in [3.63, 3.8) is 0 Å². The minimum Gasteiger partial charge on any atom is -0.495 e. The van der Waals surface area contributed by atoms with Crippen molar-refractivity contribution in [2.45, 2.75) is 18.9 Å². The van der Waals surface area contributed by atoms with Gasteiger partial charge in [-0.25, -0.2) is 18.6 Å². The van der Waals surface area contributed by atoms with Crippen molar-refractivity contribution in [2.75, 3.05) is 11.8 Å². The molecule has 0 bridgehead atoms. The van der Waals surface area contributed by atoms with E-state index in [2.05, 4.69) is 9.71 Å². The summed E-state index contributed by atoms with van der Waals surface area (Å²) in [5.41, 5.74) is 2.20. The minimum atomic E-state index is -4.33. The standard InChI is InChI=1S/C25H20F2N2O5S2/c1-13-4-6-15(7-5-13)16-8-9-17(23(27)14(16)2)24-28-22(12-35-24)36(32,33)29-20-11-19(26)18(25(30)31)10-21(20)34-3/h4-12,29H,1-3H3,(H,30,31). The highest BCUT2D eigenvalue weighted by molar-refractivity contribution is 7.92. The summed E-state index contributed by atoms with van der Waals surface area (Å²) in [4.78, 5) is 15.2. The van der Waals surface area contributed by atoms with Crippen LogP contribution in [0, 0.1) is 25.5 Å². The molecule has 0 radical (unpaired) electrons. The number of carboxylic acids is 1. The van der Waals surface area contributed by atoms with E-state index in [1.54, 1.807) is 19.1 Å². The third-order valence-corrected chi connectivity index (χ3v) is 7.77. The minimum absolute atomic E-state index is 0.143. The molecule has 3 aromatic carbocycles. The van der Waals surface area contributed by atoms with Gasteiger partial charge in [0.25, 0.3) is 10.0 Å². The number of benzene rings is 3. The van der Waals surface area contributed by atoms with E-state index in [0.717, 1.165) is 28.5 Å². The van der Waals surface area contributed by atoms with Gasteiger partial charge in [-0.15, -0.1) is 11.3 Å². The molecule has 2 N–H and O–H groups in total. The lowest BCUT2D eigenvalue weighted by Gasteiger charge is -2.12. The second-order valence-electron chi connectivity index (χ2n) is 7.90. The van der Waals surface area contributed by atoms with E-state index in [1.165, 1.54) is 12.5 Å². The molecular weight excluding hydrogens is 510 g/mol. The van der Waals surface area contributed by atoms with E-state index in [9.17, 15) is 17.6 Å². The molecule has 0 aliphatic heterocycles. The number of aromatic nitrogens is 1. The van der Waals surface area contributed by atoms with Gasteiger partial charge in [-0.1, -0.05) is 35.9 Å². The van der Waals surface area contributed by atoms with Crippen LogP contribution >= 0.6 is 11.3 Å². The molecule has 0 aliphatic rings. The maximum atomic E-state index is 15.3. The molecule has 0 unspecified atom stereocenters. The zero-order chi connectivity index (χ0) is 26.2. The number of rotatable bonds is 7. The fraction of sp³-hybridized carbons (Fsp3) is 0.120. The average Bonchev–Trinajstić information content (AvgIpc) is 3.32. The summed E-state index contributed by atoms with van der Waals surface area (Å²) in [5, 5.41) is 10.0. The zero-order valence-corrected chi connectivity index (χ0v) is 20.9. The molecular formula is C25H20F2N2O5S2. The molecule has 0 saturated heterocycles. The third kappa shape index (κ3) is 4.79. The summed E-state index contributed by atoms with van der Waals surface area (Å²) in [6.07, 6.45) is 0. The van der Waals surface area contributed by atoms with Crippen LogP contribution in [0.1, 0.15) is 21.5 Å². The van der Waals surface area contributed by atoms with Crippen LogP contribution < -0.4 is 9.46 Å². The Kier molecular flexibility index (Phi) is 6.79. The Hall–Kier alpha value is -3.83. The molecule has 0 atom stereocenters. The van der Waals surface area contributed by atoms with E-state index in [-0.39, 0.29) is 22.0 Å². The number of carboxylic acid groups (broad SMARTS) is 1. The Balaban J connectivity index is 1.66. The monoisotopic (exact) mass is 530 g/mol. The van der Waals surface area contributed by atoms with Gasteiger partial charge in [-0.05, 0) is 42.7 Å². The quantitative estimate of drug-likeness (QED) is 0.309. The Bertz CT molecular complexity index is 1580. The number of nitrogens with zero attached hydrogens (tertiary/aromatic N) is 1. The molecule has 4 rings (SSSR count). The predicted molar refractivity (Wildman–Crippen MR) is 133 cm³/mol. The van der Waals surface area contributed by atoms with Crippen molar-refractivity contribution in [1.82, 2.24) is 4.98 Å². The maximum Gasteiger partial charge on any atom is 0.338 e. The number of sulfonamides is 1. The number of ether oxygens (including phenoxy) is 1. The first-order valence-electron chi connectivity index (χ1n) is 10.5. The van der Waals surface area contributed by atoms with Crippen molar-refractivity contribution in [3.8, 4) is 27.4 Å². The van der Waals surface area contributed by atoms with Gasteiger partial charge in [0.15, 0.2) is 5.03 Å². The first kappa shape index (κ1) is 25.3. The summed E-state index contributed by atoms with van der Waals surface area (Å²) in [7, 11) is -3.14. The highest BCUT2D eigenvalue weighted by Crippen LogP contribution is 2.35. The number of aromatic carboxylic acids is 1. The van der Waals surface area contributed by atoms with Crippen LogP contribution in [-0.2, 0) is 10.0 Å². The molecule has 186 valence electrons. The number of anilines is 1. The molecule has 11 heteroatoms. The summed E-state index contributed by atoms with van der Waals surface area (Å²) in [6, 6.07) is 12.5. The number of nitrogens with one attached hydrogen (secondary N) is 1. The molecule has 0 amide bonds. The predicted octanol–water partition coefficient (Wildman–Crippen LogP) is 5.88. The van der Waals surface area contributed by atoms with Crippen LogP contribution in [0.2, 0.25) is 0 Å². The number of halogens is 2. The van der Waals surface area contributed by atoms with E-state index >= 15 is 4.39 Å². The van der Waals surface area contributed by atoms with Crippen molar-refractivity contribution < 1.29 is 31.8 Å². The van der Waals surface area contributed by atoms with Gasteiger partial charge in [0.05, 0.1) is 18.4 Å². The van der Waals surface area contributed by atoms with Crippen LogP contribution in [0.25, 0.3) is 21.7 Å². The van der Waals surface area contributed by atoms with Gasteiger partial charge in [0.1, 0.15) is 22.4 Å². The van der Waals surface area contributed by atoms with Gasteiger partial charge in [-0.3, -0.25) is 4.72 Å². The van der Waals surface area contributed by atoms with Gasteiger partial charge in [0, 0.05) is 17.0 Å². The van der Waals surface area contributed by atoms with Crippen molar-refractivity contribution in [1.29, 1.82) is 0 Å². The second-order valence-corrected chi connectivity index (χ2v) is 10.4. The summed E-state index contributed by atoms with van der Waals surface area (Å²) >= 11 is 0.933. The van der Waals surface area contributed by atoms with Gasteiger partial charge in [0.2, 0.25) is 0 Å². The van der Waals surface area contributed by atoms with Crippen LogP contribution in [0.15, 0.2) is 58.9 Å². The van der Waals surface area contributed by atoms with Crippen molar-refractivity contribution in [3.05, 3.63) is 82.2 Å². The Morgan fingerprint density at radius 3 is 2.36 bits per heavy atom. The van der Waals surface area contributed by atoms with E-state index in [4.69, 9.17) is 9.84 Å². The first-order valence-corrected chi connectivity index (χ1v) is 12.8. The lowest BCUT2D eigenvalue weighted by Crippen LogP contribution is -2.15. The van der Waals surface area contributed by atoms with Crippen LogP contribution in [0.5, 0.6) is 5.75 Å². The molecule has 4 aromatic rings. The number of hydrogen-bond donors (Lipinski definition) is 2. The first-order chi connectivity index (χ1) is 17.0. The van der Waals surface area contributed by atoms with Crippen molar-refractivity contribution >= 4 is 33.0 Å². The van der Waals surface area contributed by atoms with Crippen LogP contribution in [0.4, 0.5) is 14.5 Å². The SMILES string of the molecule is COc1cc(C(=O)O)c(F)cc1NS(=O)(=O)c1csc(-c2ccc(-c3ccc(C)cc3)c(C)c2F)n1. The number of hydrogen-bond acceptors (Lipinski definition) is 6. The summed E-state index contributed by atoms with van der Waals surface area (Å²) < 4.78 is 62.4. The van der Waals surface area contributed by atoms with Gasteiger partial charge in [-0.2, -0.15) is 8.42 Å². The average molecular weight is 531 g/mol. The zero-order valence-electron chi connectivity index (χ0n) is 19.3. The lowest BCUT2D eigenvalue weighted by atomic mass is 9.97. The lowest BCUT2D eigenvalue weighted by molar-refractivity contribution is 0.0691. The van der Waals surface area contributed by atoms with Gasteiger partial charge >= 0.3 is 5.97 Å². The molecule has 7 nitrogen and oxygen atoms in total. The van der Waals surface area contributed by atoms with E-state index < -0.39 is 38.2 Å². The Morgan fingerprint density at radius 1 is 1.06 bits per heavy atom. The Labute approximate surface area is 210 Å². The summed E-state index contributed by atoms with van der Waals surface area (Å²) in [5.74, 6) is -3.39. The molecule has 1 aromatic heterocycles. The molecule has 0 saturated carbocycles. The van der Waals surface area contributed by atoms with Gasteiger partial charge < -0.3 is 9.84 Å². The van der Waals surface area contributed by atoms with Crippen LogP contribution in [-0.4, -0.2) is 31.6 Å². The molecule has 36 heavy (non-hydrogen) atoms. The normalized spacial score (nSPS) is 11.4. The highest BCUT2D eigenvalue weighted by atomic mass is 32.2. The fourth-order valence-corrected chi connectivity index (χ4v) is 5.74. The number of aryl methyl sites for hydroxylation is 1. The second kappa shape index (κ2) is 9.67. The maximum absolute atomic E-state index is 15.3. The fourth-order valence-electron chi connectivity index (χ4n) is 3.57. The third-order valence-electron chi connectivity index (χ3n) is 5.50. The smallest absolute Gasteiger partial charge is 0.338 e. The number of thiazole rings is 1. The molecule has 0 spiro atoms.